The predicted octanol–water partition coefficient (Wildman–Crippen LogP) is 5.78. The maximum Gasteiger partial charge on any atom is 0.291 e. The van der Waals surface area contributed by atoms with Crippen molar-refractivity contribution in [3.05, 3.63) is 108 Å². The fourth-order valence-corrected chi connectivity index (χ4v) is 4.25. The summed E-state index contributed by atoms with van der Waals surface area (Å²) in [6.07, 6.45) is 1.54. The molecule has 0 aliphatic carbocycles. The number of hydrogen-bond acceptors (Lipinski definition) is 5. The average Bonchev–Trinajstić information content (AvgIpc) is 3.38. The SMILES string of the molecule is COc1ccc(/C=N\NC(=O)c2cc(-c3cccc4ccccc34)n(-c3cccc(C)c3)n2)cc1OC. The maximum atomic E-state index is 13.1. The lowest BCUT2D eigenvalue weighted by molar-refractivity contribution is 0.0949. The van der Waals surface area contributed by atoms with E-state index in [-0.39, 0.29) is 5.69 Å². The van der Waals surface area contributed by atoms with Crippen molar-refractivity contribution in [2.24, 2.45) is 5.10 Å². The number of hydrazone groups is 1. The highest BCUT2D eigenvalue weighted by molar-refractivity contribution is 5.99. The number of amides is 1. The third kappa shape index (κ3) is 4.92. The van der Waals surface area contributed by atoms with Crippen molar-refractivity contribution in [2.45, 2.75) is 6.92 Å². The molecule has 37 heavy (non-hydrogen) atoms. The van der Waals surface area contributed by atoms with E-state index in [0.29, 0.717) is 11.5 Å². The third-order valence-electron chi connectivity index (χ3n) is 6.04. The second-order valence-electron chi connectivity index (χ2n) is 8.51. The van der Waals surface area contributed by atoms with Gasteiger partial charge in [0.1, 0.15) is 0 Å². The van der Waals surface area contributed by atoms with Gasteiger partial charge in [0.25, 0.3) is 5.91 Å². The van der Waals surface area contributed by atoms with Crippen LogP contribution in [0.25, 0.3) is 27.7 Å². The number of fused-ring (bicyclic) bond motifs is 1. The first-order chi connectivity index (χ1) is 18.1. The van der Waals surface area contributed by atoms with Gasteiger partial charge in [-0.1, -0.05) is 54.6 Å². The predicted molar refractivity (Wildman–Crippen MR) is 146 cm³/mol. The van der Waals surface area contributed by atoms with Gasteiger partial charge in [0.15, 0.2) is 17.2 Å². The van der Waals surface area contributed by atoms with Crippen LogP contribution in [0, 0.1) is 6.92 Å². The quantitative estimate of drug-likeness (QED) is 0.232. The van der Waals surface area contributed by atoms with Crippen LogP contribution in [0.3, 0.4) is 0 Å². The fraction of sp³-hybridized carbons (Fsp3) is 0.100. The minimum Gasteiger partial charge on any atom is -0.493 e. The van der Waals surface area contributed by atoms with Crippen LogP contribution >= 0.6 is 0 Å². The Morgan fingerprint density at radius 3 is 2.49 bits per heavy atom. The Bertz CT molecular complexity index is 1620. The minimum atomic E-state index is -0.412. The van der Waals surface area contributed by atoms with E-state index < -0.39 is 5.91 Å². The van der Waals surface area contributed by atoms with Crippen molar-refractivity contribution >= 4 is 22.9 Å². The maximum absolute atomic E-state index is 13.1. The zero-order valence-electron chi connectivity index (χ0n) is 20.8. The zero-order chi connectivity index (χ0) is 25.8. The lowest BCUT2D eigenvalue weighted by Gasteiger charge is -2.10. The number of nitrogens with one attached hydrogen (secondary N) is 1. The number of methoxy groups -OCH3 is 2. The van der Waals surface area contributed by atoms with E-state index in [2.05, 4.69) is 33.8 Å². The molecule has 0 fully saturated rings. The number of carbonyl (C=O) groups is 1. The third-order valence-corrected chi connectivity index (χ3v) is 6.04. The van der Waals surface area contributed by atoms with Gasteiger partial charge >= 0.3 is 0 Å². The molecule has 1 N–H and O–H groups in total. The van der Waals surface area contributed by atoms with Crippen LogP contribution in [0.15, 0.2) is 96.1 Å². The van der Waals surface area contributed by atoms with Crippen molar-refractivity contribution in [1.29, 1.82) is 0 Å². The number of rotatable bonds is 7. The Kier molecular flexibility index (Phi) is 6.68. The molecule has 1 aromatic heterocycles. The van der Waals surface area contributed by atoms with E-state index in [1.54, 1.807) is 38.6 Å². The topological polar surface area (TPSA) is 77.7 Å². The Labute approximate surface area is 215 Å². The molecule has 184 valence electrons. The summed E-state index contributed by atoms with van der Waals surface area (Å²) in [4.78, 5) is 13.1. The average molecular weight is 491 g/mol. The van der Waals surface area contributed by atoms with Gasteiger partial charge in [-0.3, -0.25) is 4.79 Å². The van der Waals surface area contributed by atoms with Gasteiger partial charge in [0.05, 0.1) is 31.8 Å². The van der Waals surface area contributed by atoms with Crippen molar-refractivity contribution in [1.82, 2.24) is 15.2 Å². The molecule has 5 aromatic rings. The molecular formula is C30H26N4O3. The molecule has 4 aromatic carbocycles. The summed E-state index contributed by atoms with van der Waals surface area (Å²) in [5.74, 6) is 0.783. The number of benzene rings is 4. The summed E-state index contributed by atoms with van der Waals surface area (Å²) in [6, 6.07) is 29.5. The van der Waals surface area contributed by atoms with Crippen LogP contribution in [0.2, 0.25) is 0 Å². The van der Waals surface area contributed by atoms with E-state index >= 15 is 0 Å². The summed E-state index contributed by atoms with van der Waals surface area (Å²) in [5.41, 5.74) is 7.37. The Morgan fingerprint density at radius 1 is 0.892 bits per heavy atom. The monoisotopic (exact) mass is 490 g/mol. The van der Waals surface area contributed by atoms with E-state index in [0.717, 1.165) is 38.8 Å². The molecule has 1 amide bonds. The summed E-state index contributed by atoms with van der Waals surface area (Å²) in [5, 5.41) is 11.0. The highest BCUT2D eigenvalue weighted by Crippen LogP contribution is 2.31. The summed E-state index contributed by atoms with van der Waals surface area (Å²) in [6.45, 7) is 2.03. The normalized spacial score (nSPS) is 11.1. The van der Waals surface area contributed by atoms with Crippen molar-refractivity contribution in [2.75, 3.05) is 14.2 Å². The Morgan fingerprint density at radius 2 is 1.68 bits per heavy atom. The van der Waals surface area contributed by atoms with Gasteiger partial charge < -0.3 is 9.47 Å². The van der Waals surface area contributed by atoms with Crippen LogP contribution < -0.4 is 14.9 Å². The number of nitrogens with zero attached hydrogens (tertiary/aromatic N) is 3. The molecular weight excluding hydrogens is 464 g/mol. The van der Waals surface area contributed by atoms with Gasteiger partial charge in [-0.25, -0.2) is 10.1 Å². The Balaban J connectivity index is 1.49. The van der Waals surface area contributed by atoms with E-state index in [4.69, 9.17) is 9.47 Å². The van der Waals surface area contributed by atoms with Crippen LogP contribution in [0.5, 0.6) is 11.5 Å². The van der Waals surface area contributed by atoms with E-state index in [1.807, 2.05) is 66.2 Å². The molecule has 0 saturated carbocycles. The van der Waals surface area contributed by atoms with Crippen LogP contribution in [-0.2, 0) is 0 Å². The molecule has 0 spiro atoms. The van der Waals surface area contributed by atoms with Crippen molar-refractivity contribution in [3.8, 4) is 28.4 Å². The number of carbonyl (C=O) groups excluding carboxylic acids is 1. The highest BCUT2D eigenvalue weighted by Gasteiger charge is 2.18. The second kappa shape index (κ2) is 10.4. The first-order valence-electron chi connectivity index (χ1n) is 11.8. The molecule has 1 heterocycles. The van der Waals surface area contributed by atoms with Crippen molar-refractivity contribution < 1.29 is 14.3 Å². The lowest BCUT2D eigenvalue weighted by atomic mass is 10.0. The summed E-state index contributed by atoms with van der Waals surface area (Å²) >= 11 is 0. The van der Waals surface area contributed by atoms with Gasteiger partial charge in [0.2, 0.25) is 0 Å². The van der Waals surface area contributed by atoms with Crippen LogP contribution in [0.1, 0.15) is 21.6 Å². The van der Waals surface area contributed by atoms with Gasteiger partial charge in [-0.15, -0.1) is 0 Å². The van der Waals surface area contributed by atoms with Crippen LogP contribution in [-0.4, -0.2) is 36.1 Å². The molecule has 0 atom stereocenters. The molecule has 0 radical (unpaired) electrons. The van der Waals surface area contributed by atoms with Gasteiger partial charge in [0, 0.05) is 5.56 Å². The highest BCUT2D eigenvalue weighted by atomic mass is 16.5. The Hall–Kier alpha value is -4.91. The first kappa shape index (κ1) is 23.8. The molecule has 0 saturated heterocycles. The van der Waals surface area contributed by atoms with Gasteiger partial charge in [-0.05, 0) is 65.2 Å². The minimum absolute atomic E-state index is 0.258. The lowest BCUT2D eigenvalue weighted by Crippen LogP contribution is -2.18. The molecule has 7 nitrogen and oxygen atoms in total. The van der Waals surface area contributed by atoms with E-state index in [1.165, 1.54) is 0 Å². The molecule has 5 rings (SSSR count). The molecule has 7 heteroatoms. The summed E-state index contributed by atoms with van der Waals surface area (Å²) < 4.78 is 12.4. The van der Waals surface area contributed by atoms with Gasteiger partial charge in [-0.2, -0.15) is 10.2 Å². The molecule has 0 aliphatic heterocycles. The number of hydrogen-bond donors (Lipinski definition) is 1. The number of ether oxygens (including phenoxy) is 2. The zero-order valence-corrected chi connectivity index (χ0v) is 20.8. The second-order valence-corrected chi connectivity index (χ2v) is 8.51. The molecule has 0 unspecified atom stereocenters. The van der Waals surface area contributed by atoms with E-state index in [9.17, 15) is 4.79 Å². The largest absolute Gasteiger partial charge is 0.493 e. The smallest absolute Gasteiger partial charge is 0.291 e. The first-order valence-corrected chi connectivity index (χ1v) is 11.8. The standard InChI is InChI=1S/C30H26N4O3/c1-20-8-6-11-23(16-20)34-27(25-13-7-10-22-9-4-5-12-24(22)25)18-26(33-34)30(35)32-31-19-21-14-15-28(36-2)29(17-21)37-3/h4-19H,1-3H3,(H,32,35)/b31-19-. The number of aryl methyl sites for hydroxylation is 1. The molecule has 0 aliphatic rings. The molecule has 0 bridgehead atoms. The summed E-state index contributed by atoms with van der Waals surface area (Å²) in [7, 11) is 3.15. The number of aromatic nitrogens is 2. The fourth-order valence-electron chi connectivity index (χ4n) is 4.25. The van der Waals surface area contributed by atoms with Crippen LogP contribution in [0.4, 0.5) is 0 Å². The van der Waals surface area contributed by atoms with Crippen molar-refractivity contribution in [3.63, 3.8) is 0 Å².